The lowest BCUT2D eigenvalue weighted by Gasteiger charge is -2.20. The number of carbonyl (C=O) groups is 2. The third-order valence-electron chi connectivity index (χ3n) is 3.75. The van der Waals surface area contributed by atoms with Crippen LogP contribution < -0.4 is 10.6 Å². The average Bonchev–Trinajstić information content (AvgIpc) is 2.98. The Morgan fingerprint density at radius 2 is 1.81 bits per heavy atom. The van der Waals surface area contributed by atoms with Crippen LogP contribution in [0.5, 0.6) is 0 Å². The highest BCUT2D eigenvalue weighted by Gasteiger charge is 2.30. The van der Waals surface area contributed by atoms with Gasteiger partial charge in [-0.1, -0.05) is 26.0 Å². The number of aromatic nitrogens is 1. The van der Waals surface area contributed by atoms with Crippen LogP contribution in [0.3, 0.4) is 0 Å². The molecule has 0 aliphatic rings. The molecule has 1 aromatic carbocycles. The Morgan fingerprint density at radius 3 is 2.33 bits per heavy atom. The molecule has 0 saturated heterocycles. The molecule has 9 heteroatoms. The molecule has 1 aromatic heterocycles. The third-order valence-corrected chi connectivity index (χ3v) is 4.66. The van der Waals surface area contributed by atoms with Crippen LogP contribution in [0, 0.1) is 5.92 Å². The number of anilines is 1. The normalized spacial score (nSPS) is 12.7. The molecule has 1 unspecified atom stereocenters. The molecule has 27 heavy (non-hydrogen) atoms. The first kappa shape index (κ1) is 20.9. The van der Waals surface area contributed by atoms with Crippen molar-refractivity contribution >= 4 is 28.3 Å². The number of thiazole rings is 1. The number of alkyl halides is 3. The monoisotopic (exact) mass is 399 g/mol. The predicted molar refractivity (Wildman–Crippen MR) is 97.4 cm³/mol. The van der Waals surface area contributed by atoms with E-state index in [2.05, 4.69) is 15.6 Å². The van der Waals surface area contributed by atoms with Gasteiger partial charge in [-0.3, -0.25) is 9.59 Å². The molecule has 146 valence electrons. The highest BCUT2D eigenvalue weighted by molar-refractivity contribution is 7.15. The van der Waals surface area contributed by atoms with Crippen molar-refractivity contribution < 1.29 is 22.8 Å². The SMILES string of the molecule is CC(=O)NC(C(=O)Nc1ncc(Cc2ccc(C(F)(F)F)cc2)s1)C(C)C. The fourth-order valence-electron chi connectivity index (χ4n) is 2.40. The summed E-state index contributed by atoms with van der Waals surface area (Å²) in [7, 11) is 0. The second kappa shape index (κ2) is 8.51. The second-order valence-corrected chi connectivity index (χ2v) is 7.53. The Hall–Kier alpha value is -2.42. The van der Waals surface area contributed by atoms with Crippen molar-refractivity contribution in [1.82, 2.24) is 10.3 Å². The summed E-state index contributed by atoms with van der Waals surface area (Å²) in [5.74, 6) is -0.762. The molecule has 0 spiro atoms. The van der Waals surface area contributed by atoms with Crippen LogP contribution in [0.2, 0.25) is 0 Å². The van der Waals surface area contributed by atoms with E-state index in [9.17, 15) is 22.8 Å². The van der Waals surface area contributed by atoms with Gasteiger partial charge in [-0.05, 0) is 23.6 Å². The first-order chi connectivity index (χ1) is 12.6. The fraction of sp³-hybridized carbons (Fsp3) is 0.389. The van der Waals surface area contributed by atoms with Gasteiger partial charge in [0.15, 0.2) is 5.13 Å². The van der Waals surface area contributed by atoms with Crippen molar-refractivity contribution in [3.05, 3.63) is 46.5 Å². The van der Waals surface area contributed by atoms with Crippen LogP contribution in [-0.4, -0.2) is 22.8 Å². The van der Waals surface area contributed by atoms with Crippen LogP contribution in [0.15, 0.2) is 30.5 Å². The van der Waals surface area contributed by atoms with E-state index in [4.69, 9.17) is 0 Å². The maximum atomic E-state index is 12.6. The quantitative estimate of drug-likeness (QED) is 0.775. The fourth-order valence-corrected chi connectivity index (χ4v) is 3.25. The number of rotatable bonds is 6. The van der Waals surface area contributed by atoms with Crippen LogP contribution in [0.1, 0.15) is 36.8 Å². The minimum absolute atomic E-state index is 0.0968. The van der Waals surface area contributed by atoms with E-state index >= 15 is 0 Å². The van der Waals surface area contributed by atoms with E-state index in [-0.39, 0.29) is 17.7 Å². The summed E-state index contributed by atoms with van der Waals surface area (Å²) in [4.78, 5) is 28.5. The molecule has 2 N–H and O–H groups in total. The van der Waals surface area contributed by atoms with Gasteiger partial charge in [-0.25, -0.2) is 4.98 Å². The molecule has 0 aliphatic heterocycles. The van der Waals surface area contributed by atoms with Crippen molar-refractivity contribution in [2.75, 3.05) is 5.32 Å². The zero-order valence-corrected chi connectivity index (χ0v) is 15.9. The highest BCUT2D eigenvalue weighted by atomic mass is 32.1. The molecule has 2 amide bonds. The lowest BCUT2D eigenvalue weighted by atomic mass is 10.0. The zero-order chi connectivity index (χ0) is 20.2. The number of hydrogen-bond acceptors (Lipinski definition) is 4. The van der Waals surface area contributed by atoms with Gasteiger partial charge in [-0.15, -0.1) is 11.3 Å². The van der Waals surface area contributed by atoms with Crippen molar-refractivity contribution in [3.63, 3.8) is 0 Å². The molecular weight excluding hydrogens is 379 g/mol. The largest absolute Gasteiger partial charge is 0.416 e. The minimum Gasteiger partial charge on any atom is -0.344 e. The maximum Gasteiger partial charge on any atom is 0.416 e. The number of amides is 2. The minimum atomic E-state index is -4.36. The van der Waals surface area contributed by atoms with Gasteiger partial charge < -0.3 is 10.6 Å². The van der Waals surface area contributed by atoms with Gasteiger partial charge in [-0.2, -0.15) is 13.2 Å². The van der Waals surface area contributed by atoms with E-state index in [1.165, 1.54) is 30.4 Å². The molecular formula is C18H20F3N3O2S. The van der Waals surface area contributed by atoms with E-state index < -0.39 is 17.8 Å². The molecule has 0 radical (unpaired) electrons. The van der Waals surface area contributed by atoms with E-state index in [0.717, 1.165) is 17.0 Å². The number of benzene rings is 1. The van der Waals surface area contributed by atoms with E-state index in [1.54, 1.807) is 6.20 Å². The van der Waals surface area contributed by atoms with E-state index in [0.29, 0.717) is 17.1 Å². The van der Waals surface area contributed by atoms with Crippen LogP contribution in [-0.2, 0) is 22.2 Å². The molecule has 0 aliphatic carbocycles. The van der Waals surface area contributed by atoms with Gasteiger partial charge in [0, 0.05) is 24.4 Å². The topological polar surface area (TPSA) is 71.1 Å². The van der Waals surface area contributed by atoms with Gasteiger partial charge in [0.1, 0.15) is 6.04 Å². The van der Waals surface area contributed by atoms with Gasteiger partial charge in [0.2, 0.25) is 11.8 Å². The third kappa shape index (κ3) is 6.06. The molecule has 2 aromatic rings. The first-order valence-electron chi connectivity index (χ1n) is 8.25. The average molecular weight is 399 g/mol. The van der Waals surface area contributed by atoms with Crippen LogP contribution >= 0.6 is 11.3 Å². The summed E-state index contributed by atoms with van der Waals surface area (Å²) in [6.07, 6.45) is -2.38. The molecule has 2 rings (SSSR count). The lowest BCUT2D eigenvalue weighted by Crippen LogP contribution is -2.46. The molecule has 0 bridgehead atoms. The molecule has 1 heterocycles. The summed E-state index contributed by atoms with van der Waals surface area (Å²) in [5.41, 5.74) is 0.0176. The summed E-state index contributed by atoms with van der Waals surface area (Å²) >= 11 is 1.24. The Bertz CT molecular complexity index is 801. The zero-order valence-electron chi connectivity index (χ0n) is 15.1. The summed E-state index contributed by atoms with van der Waals surface area (Å²) in [6.45, 7) is 4.98. The molecule has 5 nitrogen and oxygen atoms in total. The lowest BCUT2D eigenvalue weighted by molar-refractivity contribution is -0.137. The predicted octanol–water partition coefficient (Wildman–Crippen LogP) is 3.85. The molecule has 0 fully saturated rings. The van der Waals surface area contributed by atoms with Crippen molar-refractivity contribution in [2.24, 2.45) is 5.92 Å². The van der Waals surface area contributed by atoms with Crippen molar-refractivity contribution in [3.8, 4) is 0 Å². The Balaban J connectivity index is 2.02. The maximum absolute atomic E-state index is 12.6. The number of nitrogens with one attached hydrogen (secondary N) is 2. The van der Waals surface area contributed by atoms with Crippen LogP contribution in [0.25, 0.3) is 0 Å². The first-order valence-corrected chi connectivity index (χ1v) is 9.06. The summed E-state index contributed by atoms with van der Waals surface area (Å²) in [5, 5.41) is 5.64. The number of halogens is 3. The molecule has 1 atom stereocenters. The summed E-state index contributed by atoms with van der Waals surface area (Å²) < 4.78 is 37.8. The molecule has 0 saturated carbocycles. The standard InChI is InChI=1S/C18H20F3N3O2S/c1-10(2)15(23-11(3)25)16(26)24-17-22-9-14(27-17)8-12-4-6-13(7-5-12)18(19,20)21/h4-7,9-10,15H,8H2,1-3H3,(H,23,25)(H,22,24,26). The van der Waals surface area contributed by atoms with E-state index in [1.807, 2.05) is 13.8 Å². The van der Waals surface area contributed by atoms with Crippen molar-refractivity contribution in [1.29, 1.82) is 0 Å². The highest BCUT2D eigenvalue weighted by Crippen LogP contribution is 2.30. The second-order valence-electron chi connectivity index (χ2n) is 6.41. The van der Waals surface area contributed by atoms with Crippen LogP contribution in [0.4, 0.5) is 18.3 Å². The van der Waals surface area contributed by atoms with Crippen molar-refractivity contribution in [2.45, 2.75) is 39.4 Å². The van der Waals surface area contributed by atoms with Gasteiger partial charge >= 0.3 is 6.18 Å². The van der Waals surface area contributed by atoms with Gasteiger partial charge in [0.25, 0.3) is 0 Å². The number of nitrogens with zero attached hydrogens (tertiary/aromatic N) is 1. The van der Waals surface area contributed by atoms with Gasteiger partial charge in [0.05, 0.1) is 5.56 Å². The number of carbonyl (C=O) groups excluding carboxylic acids is 2. The Kier molecular flexibility index (Phi) is 6.59. The smallest absolute Gasteiger partial charge is 0.344 e. The Labute approximate surface area is 159 Å². The summed E-state index contributed by atoms with van der Waals surface area (Å²) in [6, 6.07) is 4.25. The Morgan fingerprint density at radius 1 is 1.19 bits per heavy atom. The number of hydrogen-bond donors (Lipinski definition) is 2.